The smallest absolute Gasteiger partial charge is 0.300 e. The lowest BCUT2D eigenvalue weighted by molar-refractivity contribution is -0.134. The molecule has 0 radical (unpaired) electrons. The van der Waals surface area contributed by atoms with Gasteiger partial charge in [-0.3, -0.25) is 4.79 Å². The largest absolute Gasteiger partial charge is 0.481 e. The first kappa shape index (κ1) is 21.0. The minimum absolute atomic E-state index is 0.833. The third kappa shape index (κ3) is 5.65. The Morgan fingerprint density at radius 3 is 1.79 bits per heavy atom. The van der Waals surface area contributed by atoms with Crippen LogP contribution in [0.4, 0.5) is 0 Å². The van der Waals surface area contributed by atoms with Gasteiger partial charge in [0.25, 0.3) is 5.97 Å². The lowest BCUT2D eigenvalue weighted by Crippen LogP contribution is -1.83. The Bertz CT molecular complexity index is 1020. The number of aliphatic carboxylic acids is 1. The van der Waals surface area contributed by atoms with E-state index in [9.17, 15) is 0 Å². The molecule has 4 nitrogen and oxygen atoms in total. The second kappa shape index (κ2) is 9.67. The van der Waals surface area contributed by atoms with Crippen molar-refractivity contribution in [1.82, 2.24) is 9.97 Å². The average molecular weight is 514 g/mol. The zero-order valence-electron chi connectivity index (χ0n) is 15.6. The fraction of sp³-hybridized carbons (Fsp3) is 0.0435. The molecule has 1 heterocycles. The summed E-state index contributed by atoms with van der Waals surface area (Å²) in [6, 6.07) is 26.7. The average Bonchev–Trinajstić information content (AvgIpc) is 3.15. The number of aromatic nitrogens is 2. The Morgan fingerprint density at radius 2 is 1.28 bits per heavy atom. The van der Waals surface area contributed by atoms with Gasteiger partial charge in [-0.2, -0.15) is 0 Å². The molecule has 0 aliphatic carbocycles. The number of nitrogens with one attached hydrogen (secondary N) is 1. The fourth-order valence-electron chi connectivity index (χ4n) is 2.75. The minimum Gasteiger partial charge on any atom is -0.481 e. The third-order valence-corrected chi connectivity index (χ3v) is 5.06. The van der Waals surface area contributed by atoms with Gasteiger partial charge in [-0.15, -0.1) is 0 Å². The summed E-state index contributed by atoms with van der Waals surface area (Å²) in [4.78, 5) is 17.4. The van der Waals surface area contributed by atoms with Crippen molar-refractivity contribution in [3.05, 3.63) is 87.8 Å². The molecule has 0 amide bonds. The van der Waals surface area contributed by atoms with E-state index in [0.717, 1.165) is 49.8 Å². The Labute approximate surface area is 185 Å². The summed E-state index contributed by atoms with van der Waals surface area (Å²) in [5.41, 5.74) is 5.24. The number of rotatable bonds is 3. The quantitative estimate of drug-likeness (QED) is 0.309. The highest BCUT2D eigenvalue weighted by molar-refractivity contribution is 9.10. The first-order valence-electron chi connectivity index (χ1n) is 8.81. The van der Waals surface area contributed by atoms with E-state index in [0.29, 0.717) is 0 Å². The fourth-order valence-corrected chi connectivity index (χ4v) is 3.28. The van der Waals surface area contributed by atoms with Crippen LogP contribution < -0.4 is 0 Å². The molecular weight excluding hydrogens is 496 g/mol. The summed E-state index contributed by atoms with van der Waals surface area (Å²) in [5.74, 6) is 0.0384. The Hall–Kier alpha value is -2.70. The molecule has 3 aromatic carbocycles. The van der Waals surface area contributed by atoms with Crippen molar-refractivity contribution in [2.24, 2.45) is 0 Å². The van der Waals surface area contributed by atoms with Crippen LogP contribution in [0.1, 0.15) is 6.92 Å². The zero-order chi connectivity index (χ0) is 20.8. The van der Waals surface area contributed by atoms with Gasteiger partial charge in [0.15, 0.2) is 0 Å². The predicted octanol–water partition coefficient (Wildman–Crippen LogP) is 7.03. The molecule has 0 bridgehead atoms. The molecule has 6 heteroatoms. The molecule has 0 aliphatic heterocycles. The number of halogens is 2. The van der Waals surface area contributed by atoms with Crippen molar-refractivity contribution in [2.75, 3.05) is 0 Å². The zero-order valence-corrected chi connectivity index (χ0v) is 18.7. The summed E-state index contributed by atoms with van der Waals surface area (Å²) in [6.07, 6.45) is 0. The molecule has 0 fully saturated rings. The summed E-state index contributed by atoms with van der Waals surface area (Å²) >= 11 is 7.00. The summed E-state index contributed by atoms with van der Waals surface area (Å²) in [5, 5.41) is 7.42. The van der Waals surface area contributed by atoms with E-state index in [1.807, 2.05) is 42.5 Å². The van der Waals surface area contributed by atoms with Crippen LogP contribution in [0, 0.1) is 0 Å². The molecule has 0 saturated heterocycles. The molecule has 29 heavy (non-hydrogen) atoms. The molecule has 0 unspecified atom stereocenters. The molecule has 0 spiro atoms. The van der Waals surface area contributed by atoms with Gasteiger partial charge >= 0.3 is 0 Å². The van der Waals surface area contributed by atoms with Crippen molar-refractivity contribution >= 4 is 37.8 Å². The molecular formula is C23H18Br2N2O2. The number of imidazole rings is 1. The van der Waals surface area contributed by atoms with Crippen LogP contribution in [0.15, 0.2) is 87.8 Å². The first-order valence-corrected chi connectivity index (χ1v) is 10.4. The number of carbonyl (C=O) groups is 1. The molecule has 0 aliphatic rings. The van der Waals surface area contributed by atoms with Gasteiger partial charge in [-0.05, 0) is 24.3 Å². The summed E-state index contributed by atoms with van der Waals surface area (Å²) in [7, 11) is 0. The number of benzene rings is 3. The molecule has 2 N–H and O–H groups in total. The van der Waals surface area contributed by atoms with E-state index in [1.54, 1.807) is 0 Å². The maximum absolute atomic E-state index is 9.00. The Kier molecular flexibility index (Phi) is 7.01. The maximum Gasteiger partial charge on any atom is 0.300 e. The van der Waals surface area contributed by atoms with Crippen molar-refractivity contribution in [3.8, 4) is 33.9 Å². The standard InChI is InChI=1S/C21H14Br2N2.C2H4O2/c22-17-10-6-14(7-11-17)19-20(15-8-12-18(23)13-9-15)25-21(24-19)16-4-2-1-3-5-16;1-2(3)4/h1-13H,(H,24,25);1H3,(H,3,4). The van der Waals surface area contributed by atoms with E-state index < -0.39 is 5.97 Å². The normalized spacial score (nSPS) is 10.2. The lowest BCUT2D eigenvalue weighted by atomic mass is 10.1. The van der Waals surface area contributed by atoms with Gasteiger partial charge in [-0.25, -0.2) is 4.98 Å². The SMILES string of the molecule is Brc1ccc(-c2nc(-c3ccccc3)[nH]c2-c2ccc(Br)cc2)cc1.CC(=O)O. The number of nitrogens with zero attached hydrogens (tertiary/aromatic N) is 1. The minimum atomic E-state index is -0.833. The van der Waals surface area contributed by atoms with E-state index >= 15 is 0 Å². The maximum atomic E-state index is 9.00. The first-order chi connectivity index (χ1) is 13.9. The lowest BCUT2D eigenvalue weighted by Gasteiger charge is -2.04. The van der Waals surface area contributed by atoms with Gasteiger partial charge in [0.2, 0.25) is 0 Å². The number of H-pyrrole nitrogens is 1. The highest BCUT2D eigenvalue weighted by atomic mass is 79.9. The van der Waals surface area contributed by atoms with Gasteiger partial charge < -0.3 is 10.1 Å². The van der Waals surface area contributed by atoms with Gasteiger partial charge in [0.05, 0.1) is 11.4 Å². The van der Waals surface area contributed by atoms with Crippen LogP contribution in [0.2, 0.25) is 0 Å². The molecule has 146 valence electrons. The number of hydrogen-bond acceptors (Lipinski definition) is 2. The van der Waals surface area contributed by atoms with E-state index in [4.69, 9.17) is 14.9 Å². The number of carboxylic acid groups (broad SMARTS) is 1. The van der Waals surface area contributed by atoms with Gasteiger partial charge in [0, 0.05) is 32.6 Å². The topological polar surface area (TPSA) is 66.0 Å². The molecule has 4 aromatic rings. The summed E-state index contributed by atoms with van der Waals surface area (Å²) < 4.78 is 2.12. The van der Waals surface area contributed by atoms with Gasteiger partial charge in [-0.1, -0.05) is 86.5 Å². The van der Waals surface area contributed by atoms with Gasteiger partial charge in [0.1, 0.15) is 5.82 Å². The third-order valence-electron chi connectivity index (χ3n) is 4.00. The number of aromatic amines is 1. The van der Waals surface area contributed by atoms with Crippen LogP contribution in [0.5, 0.6) is 0 Å². The van der Waals surface area contributed by atoms with E-state index in [1.165, 1.54) is 0 Å². The second-order valence-electron chi connectivity index (χ2n) is 6.21. The molecule has 0 saturated carbocycles. The monoisotopic (exact) mass is 512 g/mol. The van der Waals surface area contributed by atoms with Crippen molar-refractivity contribution in [1.29, 1.82) is 0 Å². The number of hydrogen-bond donors (Lipinski definition) is 2. The second-order valence-corrected chi connectivity index (χ2v) is 8.04. The Morgan fingerprint density at radius 1 is 0.793 bits per heavy atom. The highest BCUT2D eigenvalue weighted by Gasteiger charge is 2.15. The van der Waals surface area contributed by atoms with E-state index in [-0.39, 0.29) is 0 Å². The summed E-state index contributed by atoms with van der Waals surface area (Å²) in [6.45, 7) is 1.08. The predicted molar refractivity (Wildman–Crippen MR) is 124 cm³/mol. The molecule has 4 rings (SSSR count). The van der Waals surface area contributed by atoms with Crippen LogP contribution in [-0.2, 0) is 4.79 Å². The molecule has 1 aromatic heterocycles. The molecule has 0 atom stereocenters. The van der Waals surface area contributed by atoms with Crippen LogP contribution in [0.25, 0.3) is 33.9 Å². The van der Waals surface area contributed by atoms with Crippen molar-refractivity contribution < 1.29 is 9.90 Å². The van der Waals surface area contributed by atoms with Crippen LogP contribution >= 0.6 is 31.9 Å². The highest BCUT2D eigenvalue weighted by Crippen LogP contribution is 2.34. The van der Waals surface area contributed by atoms with E-state index in [2.05, 4.69) is 73.2 Å². The number of carboxylic acids is 1. The van der Waals surface area contributed by atoms with Crippen LogP contribution in [0.3, 0.4) is 0 Å². The van der Waals surface area contributed by atoms with Crippen molar-refractivity contribution in [3.63, 3.8) is 0 Å². The Balaban J connectivity index is 0.000000552. The van der Waals surface area contributed by atoms with Crippen LogP contribution in [-0.4, -0.2) is 21.0 Å². The van der Waals surface area contributed by atoms with Crippen molar-refractivity contribution in [2.45, 2.75) is 6.92 Å².